The summed E-state index contributed by atoms with van der Waals surface area (Å²) in [5.74, 6) is -0.224. The molecule has 4 heteroatoms. The lowest BCUT2D eigenvalue weighted by molar-refractivity contribution is 0.170. The lowest BCUT2D eigenvalue weighted by Crippen LogP contribution is -2.53. The molecular formula is C26H30FN3. The molecule has 1 aliphatic heterocycles. The van der Waals surface area contributed by atoms with Crippen molar-refractivity contribution in [2.75, 3.05) is 25.0 Å². The van der Waals surface area contributed by atoms with Crippen LogP contribution >= 0.6 is 0 Å². The largest absolute Gasteiger partial charge is 0.378 e. The first-order valence-corrected chi connectivity index (χ1v) is 10.7. The summed E-state index contributed by atoms with van der Waals surface area (Å²) in [5.41, 5.74) is 12.0. The van der Waals surface area contributed by atoms with Gasteiger partial charge in [-0.2, -0.15) is 0 Å². The van der Waals surface area contributed by atoms with E-state index in [9.17, 15) is 4.39 Å². The van der Waals surface area contributed by atoms with E-state index in [2.05, 4.69) is 65.7 Å². The second-order valence-corrected chi connectivity index (χ2v) is 8.41. The highest BCUT2D eigenvalue weighted by Gasteiger charge is 2.33. The van der Waals surface area contributed by atoms with Gasteiger partial charge in [0.1, 0.15) is 5.82 Å². The summed E-state index contributed by atoms with van der Waals surface area (Å²) in [7, 11) is 0. The number of nitrogens with two attached hydrogens (primary N) is 1. The molecule has 4 rings (SSSR count). The molecule has 0 aromatic heterocycles. The van der Waals surface area contributed by atoms with Gasteiger partial charge < -0.3 is 11.1 Å². The predicted molar refractivity (Wildman–Crippen MR) is 123 cm³/mol. The van der Waals surface area contributed by atoms with Crippen molar-refractivity contribution in [2.24, 2.45) is 5.73 Å². The zero-order valence-corrected chi connectivity index (χ0v) is 17.6. The minimum Gasteiger partial charge on any atom is -0.378 e. The number of rotatable bonds is 6. The topological polar surface area (TPSA) is 41.3 Å². The Morgan fingerprint density at radius 2 is 1.73 bits per heavy atom. The molecule has 3 aromatic rings. The van der Waals surface area contributed by atoms with E-state index in [1.165, 1.54) is 28.3 Å². The zero-order valence-electron chi connectivity index (χ0n) is 17.6. The molecule has 0 atom stereocenters. The van der Waals surface area contributed by atoms with Crippen molar-refractivity contribution in [3.63, 3.8) is 0 Å². The summed E-state index contributed by atoms with van der Waals surface area (Å²) in [6, 6.07) is 24.0. The van der Waals surface area contributed by atoms with Crippen LogP contribution < -0.4 is 11.1 Å². The van der Waals surface area contributed by atoms with E-state index in [0.29, 0.717) is 6.54 Å². The summed E-state index contributed by atoms with van der Waals surface area (Å²) in [6.07, 6.45) is 1.88. The second-order valence-electron chi connectivity index (χ2n) is 8.41. The summed E-state index contributed by atoms with van der Waals surface area (Å²) < 4.78 is 13.6. The van der Waals surface area contributed by atoms with E-state index in [1.807, 2.05) is 6.07 Å². The molecule has 0 radical (unpaired) electrons. The molecule has 1 heterocycles. The average molecular weight is 404 g/mol. The highest BCUT2D eigenvalue weighted by molar-refractivity contribution is 5.67. The van der Waals surface area contributed by atoms with E-state index in [1.54, 1.807) is 12.1 Å². The van der Waals surface area contributed by atoms with Gasteiger partial charge in [0.05, 0.1) is 5.54 Å². The fourth-order valence-electron chi connectivity index (χ4n) is 4.38. The Balaban J connectivity index is 1.41. The van der Waals surface area contributed by atoms with Crippen molar-refractivity contribution in [3.8, 4) is 11.1 Å². The monoisotopic (exact) mass is 403 g/mol. The molecule has 1 aliphatic rings. The number of anilines is 1. The fraction of sp³-hybridized carbons (Fsp3) is 0.308. The van der Waals surface area contributed by atoms with Crippen LogP contribution in [0.3, 0.4) is 0 Å². The Bertz CT molecular complexity index is 993. The molecule has 3 N–H and O–H groups in total. The molecule has 3 aromatic carbocycles. The van der Waals surface area contributed by atoms with Crippen molar-refractivity contribution >= 4 is 5.69 Å². The minimum atomic E-state index is -0.224. The van der Waals surface area contributed by atoms with Crippen LogP contribution in [0.5, 0.6) is 0 Å². The Hall–Kier alpha value is -2.69. The number of hydrogen-bond acceptors (Lipinski definition) is 3. The predicted octanol–water partition coefficient (Wildman–Crippen LogP) is 5.21. The van der Waals surface area contributed by atoms with E-state index in [4.69, 9.17) is 5.73 Å². The maximum absolute atomic E-state index is 13.6. The SMILES string of the molecule is Cc1ccccc1-c1cccc(CN2CCC(CN)(Nc3cccc(F)c3)CC2)c1. The van der Waals surface area contributed by atoms with Gasteiger partial charge in [0.15, 0.2) is 0 Å². The quantitative estimate of drug-likeness (QED) is 0.594. The lowest BCUT2D eigenvalue weighted by Gasteiger charge is -2.42. The number of benzene rings is 3. The second kappa shape index (κ2) is 8.99. The molecule has 1 saturated heterocycles. The van der Waals surface area contributed by atoms with Gasteiger partial charge in [-0.1, -0.05) is 48.5 Å². The molecule has 0 unspecified atom stereocenters. The molecule has 0 amide bonds. The van der Waals surface area contributed by atoms with Crippen LogP contribution in [-0.4, -0.2) is 30.1 Å². The number of nitrogens with zero attached hydrogens (tertiary/aromatic N) is 1. The Morgan fingerprint density at radius 3 is 2.47 bits per heavy atom. The van der Waals surface area contributed by atoms with E-state index in [0.717, 1.165) is 38.2 Å². The van der Waals surface area contributed by atoms with Crippen molar-refractivity contribution in [1.82, 2.24) is 4.90 Å². The zero-order chi connectivity index (χ0) is 21.0. The number of aryl methyl sites for hydroxylation is 1. The number of likely N-dealkylation sites (tertiary alicyclic amines) is 1. The Kier molecular flexibility index (Phi) is 6.16. The molecule has 1 fully saturated rings. The highest BCUT2D eigenvalue weighted by atomic mass is 19.1. The van der Waals surface area contributed by atoms with Gasteiger partial charge in [0.2, 0.25) is 0 Å². The molecule has 156 valence electrons. The average Bonchev–Trinajstić information content (AvgIpc) is 2.76. The molecule has 0 saturated carbocycles. The van der Waals surface area contributed by atoms with Gasteiger partial charge in [-0.15, -0.1) is 0 Å². The van der Waals surface area contributed by atoms with Gasteiger partial charge in [0, 0.05) is 31.9 Å². The third kappa shape index (κ3) is 4.72. The summed E-state index contributed by atoms with van der Waals surface area (Å²) in [6.45, 7) is 5.56. The van der Waals surface area contributed by atoms with Crippen LogP contribution in [0.2, 0.25) is 0 Å². The minimum absolute atomic E-state index is 0.173. The third-order valence-corrected chi connectivity index (χ3v) is 6.23. The summed E-state index contributed by atoms with van der Waals surface area (Å²) in [5, 5.41) is 3.51. The van der Waals surface area contributed by atoms with Crippen LogP contribution in [0.15, 0.2) is 72.8 Å². The van der Waals surface area contributed by atoms with E-state index >= 15 is 0 Å². The van der Waals surface area contributed by atoms with Crippen molar-refractivity contribution < 1.29 is 4.39 Å². The third-order valence-electron chi connectivity index (χ3n) is 6.23. The molecular weight excluding hydrogens is 373 g/mol. The first-order chi connectivity index (χ1) is 14.6. The Morgan fingerprint density at radius 1 is 0.967 bits per heavy atom. The van der Waals surface area contributed by atoms with Crippen LogP contribution in [0, 0.1) is 12.7 Å². The summed E-state index contributed by atoms with van der Waals surface area (Å²) >= 11 is 0. The first-order valence-electron chi connectivity index (χ1n) is 10.7. The standard InChI is InChI=1S/C26H30FN3/c1-20-6-2-3-11-25(20)22-8-4-7-21(16-22)18-30-14-12-26(19-28,13-15-30)29-24-10-5-9-23(27)17-24/h2-11,16-17,29H,12-15,18-19,28H2,1H3. The molecule has 3 nitrogen and oxygen atoms in total. The van der Waals surface area contributed by atoms with Crippen LogP contribution in [0.1, 0.15) is 24.0 Å². The number of nitrogens with one attached hydrogen (secondary N) is 1. The maximum atomic E-state index is 13.6. The van der Waals surface area contributed by atoms with Gasteiger partial charge in [-0.3, -0.25) is 4.90 Å². The fourth-order valence-corrected chi connectivity index (χ4v) is 4.38. The lowest BCUT2D eigenvalue weighted by atomic mass is 9.87. The number of piperidine rings is 1. The first kappa shape index (κ1) is 20.6. The van der Waals surface area contributed by atoms with E-state index < -0.39 is 0 Å². The highest BCUT2D eigenvalue weighted by Crippen LogP contribution is 2.29. The number of halogens is 1. The van der Waals surface area contributed by atoms with Crippen LogP contribution in [-0.2, 0) is 6.54 Å². The van der Waals surface area contributed by atoms with Crippen molar-refractivity contribution in [3.05, 3.63) is 89.7 Å². The maximum Gasteiger partial charge on any atom is 0.125 e. The van der Waals surface area contributed by atoms with Gasteiger partial charge in [-0.05, 0) is 66.3 Å². The van der Waals surface area contributed by atoms with E-state index in [-0.39, 0.29) is 11.4 Å². The van der Waals surface area contributed by atoms with Gasteiger partial charge in [-0.25, -0.2) is 4.39 Å². The van der Waals surface area contributed by atoms with Gasteiger partial charge >= 0.3 is 0 Å². The smallest absolute Gasteiger partial charge is 0.125 e. The number of hydrogen-bond donors (Lipinski definition) is 2. The van der Waals surface area contributed by atoms with Crippen molar-refractivity contribution in [2.45, 2.75) is 31.8 Å². The molecule has 0 spiro atoms. The van der Waals surface area contributed by atoms with Gasteiger partial charge in [0.25, 0.3) is 0 Å². The Labute approximate surface area is 178 Å². The normalized spacial score (nSPS) is 16.4. The molecule has 0 aliphatic carbocycles. The molecule has 30 heavy (non-hydrogen) atoms. The van der Waals surface area contributed by atoms with Crippen LogP contribution in [0.25, 0.3) is 11.1 Å². The summed E-state index contributed by atoms with van der Waals surface area (Å²) in [4.78, 5) is 2.48. The van der Waals surface area contributed by atoms with Crippen molar-refractivity contribution in [1.29, 1.82) is 0 Å². The molecule has 0 bridgehead atoms. The van der Waals surface area contributed by atoms with Crippen LogP contribution in [0.4, 0.5) is 10.1 Å².